The van der Waals surface area contributed by atoms with E-state index in [1.165, 1.54) is 30.3 Å². The molecule has 1 N–H and O–H groups in total. The zero-order chi connectivity index (χ0) is 14.8. The van der Waals surface area contributed by atoms with Crippen LogP contribution in [-0.4, -0.2) is 9.97 Å². The molecular formula is C16H9F2N3. The molecule has 0 saturated heterocycles. The van der Waals surface area contributed by atoms with Gasteiger partial charge in [-0.15, -0.1) is 0 Å². The van der Waals surface area contributed by atoms with Crippen molar-refractivity contribution in [1.82, 2.24) is 9.97 Å². The third kappa shape index (κ3) is 2.65. The third-order valence-electron chi connectivity index (χ3n) is 3.00. The first-order valence-corrected chi connectivity index (χ1v) is 6.19. The van der Waals surface area contributed by atoms with Gasteiger partial charge in [-0.05, 0) is 42.0 Å². The molecule has 0 aliphatic heterocycles. The Morgan fingerprint density at radius 2 is 1.81 bits per heavy atom. The number of fused-ring (bicyclic) bond motifs is 1. The van der Waals surface area contributed by atoms with Crippen molar-refractivity contribution in [2.75, 3.05) is 0 Å². The number of aromatic amines is 1. The van der Waals surface area contributed by atoms with Gasteiger partial charge in [0.05, 0.1) is 16.6 Å². The van der Waals surface area contributed by atoms with Gasteiger partial charge < -0.3 is 4.98 Å². The van der Waals surface area contributed by atoms with Crippen molar-refractivity contribution in [3.05, 3.63) is 65.5 Å². The highest BCUT2D eigenvalue weighted by Crippen LogP contribution is 2.20. The zero-order valence-corrected chi connectivity index (χ0v) is 10.8. The average Bonchev–Trinajstić information content (AvgIpc) is 2.89. The van der Waals surface area contributed by atoms with E-state index in [-0.39, 0.29) is 11.6 Å². The smallest absolute Gasteiger partial charge is 0.149 e. The van der Waals surface area contributed by atoms with E-state index in [1.807, 2.05) is 6.07 Å². The van der Waals surface area contributed by atoms with Crippen LogP contribution in [0.2, 0.25) is 0 Å². The number of hydrogen-bond donors (Lipinski definition) is 1. The number of H-pyrrole nitrogens is 1. The molecule has 2 aromatic carbocycles. The molecule has 5 heteroatoms. The number of rotatable bonds is 2. The van der Waals surface area contributed by atoms with Gasteiger partial charge in [0.1, 0.15) is 23.5 Å². The number of nitrogens with zero attached hydrogens (tertiary/aromatic N) is 2. The summed E-state index contributed by atoms with van der Waals surface area (Å²) in [7, 11) is 0. The summed E-state index contributed by atoms with van der Waals surface area (Å²) >= 11 is 0. The molecule has 102 valence electrons. The fourth-order valence-corrected chi connectivity index (χ4v) is 1.99. The summed E-state index contributed by atoms with van der Waals surface area (Å²) in [6, 6.07) is 12.0. The second kappa shape index (κ2) is 5.17. The molecule has 0 amide bonds. The number of imidazole rings is 1. The second-order valence-corrected chi connectivity index (χ2v) is 4.47. The fraction of sp³-hybridized carbons (Fsp3) is 0. The molecule has 0 radical (unpaired) electrons. The van der Waals surface area contributed by atoms with Crippen LogP contribution in [0.25, 0.3) is 22.7 Å². The number of nitrogens with one attached hydrogen (secondary N) is 1. The normalized spacial score (nSPS) is 11.6. The van der Waals surface area contributed by atoms with E-state index in [0.29, 0.717) is 28.0 Å². The van der Waals surface area contributed by atoms with Crippen LogP contribution >= 0.6 is 0 Å². The Hall–Kier alpha value is -3.00. The molecule has 3 nitrogen and oxygen atoms in total. The largest absolute Gasteiger partial charge is 0.337 e. The van der Waals surface area contributed by atoms with Crippen LogP contribution in [0.1, 0.15) is 11.4 Å². The van der Waals surface area contributed by atoms with E-state index in [1.54, 1.807) is 18.2 Å². The number of aromatic nitrogens is 2. The van der Waals surface area contributed by atoms with Gasteiger partial charge >= 0.3 is 0 Å². The SMILES string of the molecule is N#C/C(=C/c1ccc(F)cc1)c1nc2ccc(F)cc2[nH]1. The molecule has 0 unspecified atom stereocenters. The highest BCUT2D eigenvalue weighted by Gasteiger charge is 2.08. The summed E-state index contributed by atoms with van der Waals surface area (Å²) in [6.45, 7) is 0. The van der Waals surface area contributed by atoms with Crippen molar-refractivity contribution < 1.29 is 8.78 Å². The van der Waals surface area contributed by atoms with E-state index in [9.17, 15) is 14.0 Å². The maximum Gasteiger partial charge on any atom is 0.149 e. The lowest BCUT2D eigenvalue weighted by molar-refractivity contribution is 0.627. The van der Waals surface area contributed by atoms with Gasteiger partial charge in [0.2, 0.25) is 0 Å². The van der Waals surface area contributed by atoms with Crippen molar-refractivity contribution in [3.8, 4) is 6.07 Å². The molecule has 21 heavy (non-hydrogen) atoms. The van der Waals surface area contributed by atoms with Gasteiger partial charge in [-0.2, -0.15) is 5.26 Å². The Kier molecular flexibility index (Phi) is 3.20. The van der Waals surface area contributed by atoms with E-state index < -0.39 is 0 Å². The van der Waals surface area contributed by atoms with Gasteiger partial charge in [0.25, 0.3) is 0 Å². The van der Waals surface area contributed by atoms with Gasteiger partial charge in [0.15, 0.2) is 0 Å². The number of allylic oxidation sites excluding steroid dienone is 1. The molecule has 0 fully saturated rings. The van der Waals surface area contributed by atoms with E-state index in [2.05, 4.69) is 9.97 Å². The maximum absolute atomic E-state index is 13.2. The Labute approximate surface area is 119 Å². The van der Waals surface area contributed by atoms with Crippen LogP contribution in [0.3, 0.4) is 0 Å². The number of halogens is 2. The van der Waals surface area contributed by atoms with Crippen LogP contribution < -0.4 is 0 Å². The van der Waals surface area contributed by atoms with Crippen LogP contribution in [0.15, 0.2) is 42.5 Å². The van der Waals surface area contributed by atoms with Crippen molar-refractivity contribution in [2.24, 2.45) is 0 Å². The lowest BCUT2D eigenvalue weighted by Gasteiger charge is -1.95. The standard InChI is InChI=1S/C16H9F2N3/c17-12-3-1-10(2-4-12)7-11(9-19)16-20-14-6-5-13(18)8-15(14)21-16/h1-8H,(H,20,21)/b11-7-. The lowest BCUT2D eigenvalue weighted by Crippen LogP contribution is -1.85. The molecule has 0 aliphatic rings. The zero-order valence-electron chi connectivity index (χ0n) is 10.8. The van der Waals surface area contributed by atoms with E-state index in [4.69, 9.17) is 0 Å². The molecule has 3 aromatic rings. The number of benzene rings is 2. The first-order valence-electron chi connectivity index (χ1n) is 6.19. The summed E-state index contributed by atoms with van der Waals surface area (Å²) in [5, 5.41) is 9.25. The average molecular weight is 281 g/mol. The minimum Gasteiger partial charge on any atom is -0.337 e. The van der Waals surface area contributed by atoms with Crippen LogP contribution in [0.5, 0.6) is 0 Å². The Morgan fingerprint density at radius 1 is 1.10 bits per heavy atom. The van der Waals surface area contributed by atoms with Gasteiger partial charge in [-0.3, -0.25) is 0 Å². The van der Waals surface area contributed by atoms with Crippen molar-refractivity contribution in [2.45, 2.75) is 0 Å². The first-order chi connectivity index (χ1) is 10.2. The predicted octanol–water partition coefficient (Wildman–Crippen LogP) is 3.91. The Balaban J connectivity index is 2.05. The molecule has 1 aromatic heterocycles. The van der Waals surface area contributed by atoms with Gasteiger partial charge in [0, 0.05) is 0 Å². The molecule has 0 spiro atoms. The predicted molar refractivity (Wildman–Crippen MR) is 75.9 cm³/mol. The minimum absolute atomic E-state index is 0.290. The summed E-state index contributed by atoms with van der Waals surface area (Å²) in [6.07, 6.45) is 1.59. The Bertz CT molecular complexity index is 871. The summed E-state index contributed by atoms with van der Waals surface area (Å²) in [5.41, 5.74) is 2.06. The molecule has 0 aliphatic carbocycles. The quantitative estimate of drug-likeness (QED) is 0.724. The van der Waals surface area contributed by atoms with Crippen molar-refractivity contribution >= 4 is 22.7 Å². The Morgan fingerprint density at radius 3 is 2.52 bits per heavy atom. The number of nitriles is 1. The summed E-state index contributed by atoms with van der Waals surface area (Å²) < 4.78 is 26.0. The van der Waals surface area contributed by atoms with Crippen LogP contribution in [-0.2, 0) is 0 Å². The monoisotopic (exact) mass is 281 g/mol. The van der Waals surface area contributed by atoms with Crippen molar-refractivity contribution in [1.29, 1.82) is 5.26 Å². The third-order valence-corrected chi connectivity index (χ3v) is 3.00. The molecule has 0 bridgehead atoms. The topological polar surface area (TPSA) is 52.5 Å². The maximum atomic E-state index is 13.2. The highest BCUT2D eigenvalue weighted by molar-refractivity contribution is 5.90. The molecule has 1 heterocycles. The van der Waals surface area contributed by atoms with Gasteiger partial charge in [-0.25, -0.2) is 13.8 Å². The molecule has 0 saturated carbocycles. The van der Waals surface area contributed by atoms with Crippen LogP contribution in [0.4, 0.5) is 8.78 Å². The number of hydrogen-bond acceptors (Lipinski definition) is 2. The lowest BCUT2D eigenvalue weighted by atomic mass is 10.1. The highest BCUT2D eigenvalue weighted by atomic mass is 19.1. The summed E-state index contributed by atoms with van der Waals surface area (Å²) in [5.74, 6) is -0.369. The fourth-order valence-electron chi connectivity index (χ4n) is 1.99. The van der Waals surface area contributed by atoms with E-state index >= 15 is 0 Å². The molecule has 0 atom stereocenters. The first kappa shape index (κ1) is 13.0. The second-order valence-electron chi connectivity index (χ2n) is 4.47. The van der Waals surface area contributed by atoms with Crippen LogP contribution in [0, 0.1) is 23.0 Å². The minimum atomic E-state index is -0.376. The van der Waals surface area contributed by atoms with Crippen molar-refractivity contribution in [3.63, 3.8) is 0 Å². The molecule has 3 rings (SSSR count). The van der Waals surface area contributed by atoms with Gasteiger partial charge in [-0.1, -0.05) is 12.1 Å². The molecular weight excluding hydrogens is 272 g/mol. The summed E-state index contributed by atoms with van der Waals surface area (Å²) in [4.78, 5) is 7.15. The van der Waals surface area contributed by atoms with E-state index in [0.717, 1.165) is 0 Å².